The van der Waals surface area contributed by atoms with Gasteiger partial charge in [0, 0.05) is 23.3 Å². The Morgan fingerprint density at radius 1 is 1.18 bits per heavy atom. The van der Waals surface area contributed by atoms with Crippen molar-refractivity contribution >= 4 is 28.2 Å². The molecule has 0 fully saturated rings. The molecule has 0 radical (unpaired) electrons. The van der Waals surface area contributed by atoms with Gasteiger partial charge in [-0.3, -0.25) is 0 Å². The van der Waals surface area contributed by atoms with Crippen molar-refractivity contribution in [1.82, 2.24) is 14.9 Å². The Bertz CT molecular complexity index is 1400. The van der Waals surface area contributed by atoms with Crippen molar-refractivity contribution in [2.24, 2.45) is 4.99 Å². The number of allylic oxidation sites excluding steroid dienone is 1. The molecule has 8 nitrogen and oxygen atoms in total. The maximum Gasteiger partial charge on any atom is 0.141 e. The summed E-state index contributed by atoms with van der Waals surface area (Å²) in [4.78, 5) is 14.9. The number of aryl methyl sites for hydroxylation is 1. The number of anilines is 2. The van der Waals surface area contributed by atoms with E-state index < -0.39 is 6.10 Å². The van der Waals surface area contributed by atoms with Crippen LogP contribution < -0.4 is 14.8 Å². The molecule has 1 atom stereocenters. The quantitative estimate of drug-likeness (QED) is 0.506. The van der Waals surface area contributed by atoms with Gasteiger partial charge in [0.15, 0.2) is 0 Å². The van der Waals surface area contributed by atoms with Crippen LogP contribution >= 0.6 is 0 Å². The van der Waals surface area contributed by atoms with Gasteiger partial charge in [-0.2, -0.15) is 0 Å². The molecule has 0 unspecified atom stereocenters. The van der Waals surface area contributed by atoms with Gasteiger partial charge >= 0.3 is 0 Å². The Morgan fingerprint density at radius 2 is 2.09 bits per heavy atom. The van der Waals surface area contributed by atoms with E-state index in [1.165, 1.54) is 6.33 Å². The Hall–Kier alpha value is -4.39. The Labute approximate surface area is 196 Å². The Balaban J connectivity index is 1.35. The molecular formula is C26H23N5O3. The predicted molar refractivity (Wildman–Crippen MR) is 131 cm³/mol. The van der Waals surface area contributed by atoms with E-state index in [0.29, 0.717) is 17.3 Å². The molecule has 5 rings (SSSR count). The first-order chi connectivity index (χ1) is 16.5. The molecule has 0 amide bonds. The van der Waals surface area contributed by atoms with E-state index in [2.05, 4.69) is 26.0 Å². The number of hydrogen-bond acceptors (Lipinski definition) is 8. The minimum atomic E-state index is -0.549. The normalized spacial score (nSPS) is 15.0. The van der Waals surface area contributed by atoms with Gasteiger partial charge in [-0.1, -0.05) is 5.73 Å². The van der Waals surface area contributed by atoms with Crippen LogP contribution in [0.5, 0.6) is 11.5 Å². The summed E-state index contributed by atoms with van der Waals surface area (Å²) in [5.74, 6) is 3.54. The second-order valence-electron chi connectivity index (χ2n) is 7.95. The average molecular weight is 454 g/mol. The van der Waals surface area contributed by atoms with Gasteiger partial charge in [0.2, 0.25) is 0 Å². The van der Waals surface area contributed by atoms with Crippen molar-refractivity contribution < 1.29 is 14.6 Å². The maximum absolute atomic E-state index is 9.49. The Kier molecular flexibility index (Phi) is 5.82. The van der Waals surface area contributed by atoms with Gasteiger partial charge in [0.25, 0.3) is 0 Å². The molecule has 2 aromatic carbocycles. The maximum atomic E-state index is 9.49. The van der Waals surface area contributed by atoms with Crippen LogP contribution in [0.2, 0.25) is 0 Å². The minimum Gasteiger partial charge on any atom is -0.491 e. The number of ether oxygens (including phenoxy) is 2. The summed E-state index contributed by atoms with van der Waals surface area (Å²) in [6.07, 6.45) is 10.1. The highest BCUT2D eigenvalue weighted by Crippen LogP contribution is 2.30. The van der Waals surface area contributed by atoms with E-state index in [4.69, 9.17) is 9.47 Å². The number of nitrogens with zero attached hydrogens (tertiary/aromatic N) is 4. The van der Waals surface area contributed by atoms with E-state index >= 15 is 0 Å². The molecule has 8 heteroatoms. The van der Waals surface area contributed by atoms with Crippen molar-refractivity contribution in [2.75, 3.05) is 11.9 Å². The summed E-state index contributed by atoms with van der Waals surface area (Å²) in [6.45, 7) is 3.89. The van der Waals surface area contributed by atoms with Gasteiger partial charge in [-0.25, -0.2) is 15.0 Å². The SMILES string of the molecule is Cc1cc(Nc2ncnc3ccc(OC[C@H](C)O)cc23)ccc1OC1=CC2=NC=C=CN2C=C1. The molecule has 2 N–H and O–H groups in total. The molecule has 0 bridgehead atoms. The summed E-state index contributed by atoms with van der Waals surface area (Å²) in [5.41, 5.74) is 5.56. The van der Waals surface area contributed by atoms with Crippen LogP contribution in [0, 0.1) is 6.92 Å². The van der Waals surface area contributed by atoms with Crippen LogP contribution in [0.3, 0.4) is 0 Å². The fraction of sp³-hybridized carbons (Fsp3) is 0.154. The van der Waals surface area contributed by atoms with Gasteiger partial charge in [-0.05, 0) is 61.9 Å². The molecule has 3 heterocycles. The van der Waals surface area contributed by atoms with Gasteiger partial charge in [-0.15, -0.1) is 0 Å². The van der Waals surface area contributed by atoms with Gasteiger partial charge in [0.05, 0.1) is 24.0 Å². The second kappa shape index (κ2) is 9.23. The zero-order chi connectivity index (χ0) is 23.5. The molecule has 0 aliphatic carbocycles. The topological polar surface area (TPSA) is 92.1 Å². The first-order valence-electron chi connectivity index (χ1n) is 10.8. The summed E-state index contributed by atoms with van der Waals surface area (Å²) in [7, 11) is 0. The average Bonchev–Trinajstić information content (AvgIpc) is 2.84. The fourth-order valence-corrected chi connectivity index (χ4v) is 3.52. The highest BCUT2D eigenvalue weighted by molar-refractivity contribution is 5.97. The molecule has 0 saturated heterocycles. The second-order valence-corrected chi connectivity index (χ2v) is 7.95. The molecule has 2 aliphatic rings. The highest BCUT2D eigenvalue weighted by Gasteiger charge is 2.14. The molecule has 0 spiro atoms. The number of aliphatic hydroxyl groups is 1. The molecule has 170 valence electrons. The van der Waals surface area contributed by atoms with Crippen molar-refractivity contribution in [3.8, 4) is 11.5 Å². The molecular weight excluding hydrogens is 430 g/mol. The standard InChI is InChI=1S/C26H23N5O3/c1-17-12-19(4-7-24(17)34-21-8-11-31-10-3-9-27-25(31)14-21)30-26-22-13-20(33-15-18(2)32)5-6-23(22)28-16-29-26/h4-14,16,18,32H,15H2,1-2H3,(H,28,29,30)/t18-/m0/s1. The highest BCUT2D eigenvalue weighted by atomic mass is 16.5. The number of rotatable bonds is 7. The molecule has 1 aromatic heterocycles. The predicted octanol–water partition coefficient (Wildman–Crippen LogP) is 4.57. The van der Waals surface area contributed by atoms with Crippen LogP contribution in [0.15, 0.2) is 90.0 Å². The molecule has 2 aliphatic heterocycles. The van der Waals surface area contributed by atoms with E-state index in [1.807, 2.05) is 72.8 Å². The van der Waals surface area contributed by atoms with E-state index in [9.17, 15) is 5.11 Å². The fourth-order valence-electron chi connectivity index (χ4n) is 3.52. The number of hydrogen-bond donors (Lipinski definition) is 2. The van der Waals surface area contributed by atoms with Crippen LogP contribution in [0.1, 0.15) is 12.5 Å². The van der Waals surface area contributed by atoms with Crippen molar-refractivity contribution in [3.05, 3.63) is 90.5 Å². The lowest BCUT2D eigenvalue weighted by Gasteiger charge is -2.21. The third kappa shape index (κ3) is 4.68. The van der Waals surface area contributed by atoms with Gasteiger partial charge < -0.3 is 24.8 Å². The number of aliphatic imine (C=N–C) groups is 1. The Morgan fingerprint density at radius 3 is 2.94 bits per heavy atom. The number of fused-ring (bicyclic) bond motifs is 2. The summed E-state index contributed by atoms with van der Waals surface area (Å²) in [6, 6.07) is 11.4. The smallest absolute Gasteiger partial charge is 0.141 e. The monoisotopic (exact) mass is 453 g/mol. The van der Waals surface area contributed by atoms with Crippen LogP contribution in [0.25, 0.3) is 10.9 Å². The number of benzene rings is 2. The summed E-state index contributed by atoms with van der Waals surface area (Å²) in [5, 5.41) is 13.7. The van der Waals surface area contributed by atoms with Crippen LogP contribution in [0.4, 0.5) is 11.5 Å². The number of aliphatic hydroxyl groups excluding tert-OH is 1. The lowest BCUT2D eigenvalue weighted by molar-refractivity contribution is 0.123. The lowest BCUT2D eigenvalue weighted by Crippen LogP contribution is -2.22. The number of nitrogens with one attached hydrogen (secondary N) is 1. The molecule has 3 aromatic rings. The third-order valence-electron chi connectivity index (χ3n) is 5.18. The van der Waals surface area contributed by atoms with E-state index in [0.717, 1.165) is 33.7 Å². The molecule has 0 saturated carbocycles. The third-order valence-corrected chi connectivity index (χ3v) is 5.18. The summed E-state index contributed by atoms with van der Waals surface area (Å²) >= 11 is 0. The first kappa shape index (κ1) is 21.5. The van der Waals surface area contributed by atoms with Crippen molar-refractivity contribution in [1.29, 1.82) is 0 Å². The van der Waals surface area contributed by atoms with Crippen LogP contribution in [-0.2, 0) is 0 Å². The zero-order valence-electron chi connectivity index (χ0n) is 18.8. The van der Waals surface area contributed by atoms with Crippen LogP contribution in [-0.4, -0.2) is 38.5 Å². The van der Waals surface area contributed by atoms with Gasteiger partial charge in [0.1, 0.15) is 41.8 Å². The largest absolute Gasteiger partial charge is 0.491 e. The minimum absolute atomic E-state index is 0.215. The van der Waals surface area contributed by atoms with E-state index in [-0.39, 0.29) is 6.61 Å². The van der Waals surface area contributed by atoms with E-state index in [1.54, 1.807) is 13.1 Å². The number of aromatic nitrogens is 2. The van der Waals surface area contributed by atoms with Crippen molar-refractivity contribution in [3.63, 3.8) is 0 Å². The summed E-state index contributed by atoms with van der Waals surface area (Å²) < 4.78 is 11.7. The first-order valence-corrected chi connectivity index (χ1v) is 10.8. The number of amidine groups is 1. The lowest BCUT2D eigenvalue weighted by atomic mass is 10.1. The molecule has 34 heavy (non-hydrogen) atoms. The van der Waals surface area contributed by atoms with Crippen molar-refractivity contribution in [2.45, 2.75) is 20.0 Å². The zero-order valence-corrected chi connectivity index (χ0v) is 18.8.